The van der Waals surface area contributed by atoms with Gasteiger partial charge >= 0.3 is 0 Å². The molecule has 0 aromatic heterocycles. The van der Waals surface area contributed by atoms with Crippen molar-refractivity contribution >= 4 is 11.6 Å². The van der Waals surface area contributed by atoms with Gasteiger partial charge in [-0.25, -0.2) is 0 Å². The molecule has 2 N–H and O–H groups in total. The Labute approximate surface area is 112 Å². The van der Waals surface area contributed by atoms with Gasteiger partial charge in [-0.1, -0.05) is 18.5 Å². The van der Waals surface area contributed by atoms with Crippen LogP contribution >= 0.6 is 11.6 Å². The van der Waals surface area contributed by atoms with Crippen LogP contribution in [0.4, 0.5) is 0 Å². The van der Waals surface area contributed by atoms with Crippen LogP contribution in [0.1, 0.15) is 24.9 Å². The van der Waals surface area contributed by atoms with Gasteiger partial charge in [0.2, 0.25) is 0 Å². The van der Waals surface area contributed by atoms with Gasteiger partial charge in [-0.05, 0) is 30.7 Å². The van der Waals surface area contributed by atoms with Crippen LogP contribution in [0.3, 0.4) is 0 Å². The van der Waals surface area contributed by atoms with Gasteiger partial charge in [0.1, 0.15) is 13.2 Å². The van der Waals surface area contributed by atoms with Crippen LogP contribution in [0, 0.1) is 0 Å². The molecule has 1 aliphatic rings. The Bertz CT molecular complexity index is 411. The quantitative estimate of drug-likeness (QED) is 0.862. The molecule has 5 heteroatoms. The Morgan fingerprint density at radius 2 is 2.17 bits per heavy atom. The predicted octanol–water partition coefficient (Wildman–Crippen LogP) is 2.14. The van der Waals surface area contributed by atoms with Crippen LogP contribution < -0.4 is 14.8 Å². The summed E-state index contributed by atoms with van der Waals surface area (Å²) in [5, 5.41) is 13.2. The van der Waals surface area contributed by atoms with E-state index < -0.39 is 0 Å². The highest BCUT2D eigenvalue weighted by Crippen LogP contribution is 2.39. The van der Waals surface area contributed by atoms with Crippen molar-refractivity contribution in [2.45, 2.75) is 19.4 Å². The van der Waals surface area contributed by atoms with Crippen molar-refractivity contribution in [2.24, 2.45) is 0 Å². The highest BCUT2D eigenvalue weighted by molar-refractivity contribution is 6.32. The minimum Gasteiger partial charge on any atom is -0.486 e. The van der Waals surface area contributed by atoms with E-state index >= 15 is 0 Å². The molecule has 1 heterocycles. The van der Waals surface area contributed by atoms with Crippen LogP contribution in [0.5, 0.6) is 11.5 Å². The zero-order valence-corrected chi connectivity index (χ0v) is 11.2. The van der Waals surface area contributed by atoms with Gasteiger partial charge in [0.25, 0.3) is 0 Å². The van der Waals surface area contributed by atoms with Gasteiger partial charge in [0.15, 0.2) is 11.5 Å². The molecule has 2 rings (SSSR count). The third-order valence-corrected chi connectivity index (χ3v) is 3.13. The standard InChI is InChI=1S/C13H18ClNO3/c1-2-3-15-11(8-16)9-6-10(14)13-12(7-9)17-4-5-18-13/h6-7,11,15-16H,2-5,8H2,1H3. The largest absolute Gasteiger partial charge is 0.486 e. The number of aliphatic hydroxyl groups excluding tert-OH is 1. The monoisotopic (exact) mass is 271 g/mol. The molecular weight excluding hydrogens is 254 g/mol. The van der Waals surface area contributed by atoms with Crippen molar-refractivity contribution in [3.05, 3.63) is 22.7 Å². The minimum atomic E-state index is -0.127. The number of aliphatic hydroxyl groups is 1. The van der Waals surface area contributed by atoms with E-state index in [0.717, 1.165) is 18.5 Å². The lowest BCUT2D eigenvalue weighted by Gasteiger charge is -2.23. The molecule has 0 aliphatic carbocycles. The highest BCUT2D eigenvalue weighted by Gasteiger charge is 2.19. The molecule has 100 valence electrons. The molecule has 0 radical (unpaired) electrons. The Kier molecular flexibility index (Phi) is 4.69. The lowest BCUT2D eigenvalue weighted by atomic mass is 10.1. The molecule has 0 saturated heterocycles. The van der Waals surface area contributed by atoms with E-state index in [1.807, 2.05) is 12.1 Å². The maximum atomic E-state index is 9.42. The van der Waals surface area contributed by atoms with E-state index in [4.69, 9.17) is 21.1 Å². The fourth-order valence-electron chi connectivity index (χ4n) is 1.94. The average Bonchev–Trinajstić information content (AvgIpc) is 2.40. The van der Waals surface area contributed by atoms with Crippen molar-refractivity contribution in [3.63, 3.8) is 0 Å². The fourth-order valence-corrected chi connectivity index (χ4v) is 2.21. The number of hydrogen-bond donors (Lipinski definition) is 2. The molecule has 1 aromatic rings. The summed E-state index contributed by atoms with van der Waals surface area (Å²) in [6.07, 6.45) is 1.01. The van der Waals surface area contributed by atoms with Crippen LogP contribution in [0.15, 0.2) is 12.1 Å². The van der Waals surface area contributed by atoms with E-state index in [-0.39, 0.29) is 12.6 Å². The van der Waals surface area contributed by atoms with Gasteiger partial charge in [0, 0.05) is 0 Å². The van der Waals surface area contributed by atoms with Crippen LogP contribution in [0.25, 0.3) is 0 Å². The topological polar surface area (TPSA) is 50.7 Å². The van der Waals surface area contributed by atoms with Crippen LogP contribution in [0.2, 0.25) is 5.02 Å². The predicted molar refractivity (Wildman–Crippen MR) is 70.6 cm³/mol. The summed E-state index contributed by atoms with van der Waals surface area (Å²) in [6.45, 7) is 3.99. The summed E-state index contributed by atoms with van der Waals surface area (Å²) >= 11 is 6.17. The maximum absolute atomic E-state index is 9.42. The summed E-state index contributed by atoms with van der Waals surface area (Å²) in [6, 6.07) is 3.57. The number of halogens is 1. The molecule has 0 saturated carbocycles. The maximum Gasteiger partial charge on any atom is 0.179 e. The normalized spacial score (nSPS) is 15.5. The number of ether oxygens (including phenoxy) is 2. The van der Waals surface area contributed by atoms with E-state index in [1.165, 1.54) is 0 Å². The number of hydrogen-bond acceptors (Lipinski definition) is 4. The third-order valence-electron chi connectivity index (χ3n) is 2.84. The average molecular weight is 272 g/mol. The van der Waals surface area contributed by atoms with Crippen molar-refractivity contribution in [3.8, 4) is 11.5 Å². The van der Waals surface area contributed by atoms with Gasteiger partial charge in [-0.3, -0.25) is 0 Å². The molecule has 0 fully saturated rings. The smallest absolute Gasteiger partial charge is 0.179 e. The van der Waals surface area contributed by atoms with Crippen molar-refractivity contribution in [2.75, 3.05) is 26.4 Å². The van der Waals surface area contributed by atoms with Gasteiger partial charge < -0.3 is 19.9 Å². The number of benzene rings is 1. The molecule has 0 spiro atoms. The second-order valence-electron chi connectivity index (χ2n) is 4.22. The second kappa shape index (κ2) is 6.27. The van der Waals surface area contributed by atoms with E-state index in [1.54, 1.807) is 0 Å². The molecule has 1 aromatic carbocycles. The van der Waals surface area contributed by atoms with Crippen molar-refractivity contribution < 1.29 is 14.6 Å². The Morgan fingerprint density at radius 1 is 1.39 bits per heavy atom. The summed E-state index contributed by atoms with van der Waals surface area (Å²) in [5.74, 6) is 1.25. The Morgan fingerprint density at radius 3 is 2.89 bits per heavy atom. The number of nitrogens with one attached hydrogen (secondary N) is 1. The zero-order chi connectivity index (χ0) is 13.0. The first-order valence-corrected chi connectivity index (χ1v) is 6.57. The first kappa shape index (κ1) is 13.5. The highest BCUT2D eigenvalue weighted by atomic mass is 35.5. The van der Waals surface area contributed by atoms with E-state index in [2.05, 4.69) is 12.2 Å². The summed E-state index contributed by atoms with van der Waals surface area (Å²) in [4.78, 5) is 0. The third kappa shape index (κ3) is 2.88. The summed E-state index contributed by atoms with van der Waals surface area (Å²) < 4.78 is 11.0. The minimum absolute atomic E-state index is 0.0238. The Hall–Kier alpha value is -0.970. The van der Waals surface area contributed by atoms with Crippen molar-refractivity contribution in [1.29, 1.82) is 0 Å². The van der Waals surface area contributed by atoms with E-state index in [0.29, 0.717) is 29.7 Å². The lowest BCUT2D eigenvalue weighted by Crippen LogP contribution is -2.25. The molecular formula is C13H18ClNO3. The van der Waals surface area contributed by atoms with Gasteiger partial charge in [0.05, 0.1) is 17.7 Å². The Balaban J connectivity index is 2.24. The van der Waals surface area contributed by atoms with Crippen molar-refractivity contribution in [1.82, 2.24) is 5.32 Å². The van der Waals surface area contributed by atoms with E-state index in [9.17, 15) is 5.11 Å². The van der Waals surface area contributed by atoms with Gasteiger partial charge in [-0.15, -0.1) is 0 Å². The number of rotatable bonds is 5. The second-order valence-corrected chi connectivity index (χ2v) is 4.62. The molecule has 18 heavy (non-hydrogen) atoms. The zero-order valence-electron chi connectivity index (χ0n) is 10.4. The first-order chi connectivity index (χ1) is 8.76. The molecule has 0 amide bonds. The van der Waals surface area contributed by atoms with Gasteiger partial charge in [-0.2, -0.15) is 0 Å². The molecule has 1 aliphatic heterocycles. The first-order valence-electron chi connectivity index (χ1n) is 6.19. The molecule has 0 bridgehead atoms. The number of fused-ring (bicyclic) bond motifs is 1. The SMILES string of the molecule is CCCNC(CO)c1cc(Cl)c2c(c1)OCCO2. The molecule has 4 nitrogen and oxygen atoms in total. The summed E-state index contributed by atoms with van der Waals surface area (Å²) in [5.41, 5.74) is 0.917. The lowest BCUT2D eigenvalue weighted by molar-refractivity contribution is 0.171. The molecule has 1 atom stereocenters. The fraction of sp³-hybridized carbons (Fsp3) is 0.538. The van der Waals surface area contributed by atoms with Crippen LogP contribution in [-0.2, 0) is 0 Å². The molecule has 1 unspecified atom stereocenters. The van der Waals surface area contributed by atoms with Crippen LogP contribution in [-0.4, -0.2) is 31.5 Å². The summed E-state index contributed by atoms with van der Waals surface area (Å²) in [7, 11) is 0.